The quantitative estimate of drug-likeness (QED) is 0.600. The van der Waals surface area contributed by atoms with Crippen molar-refractivity contribution in [3.05, 3.63) is 22.2 Å². The number of aryl methyl sites for hydroxylation is 1. The van der Waals surface area contributed by atoms with Gasteiger partial charge in [0.2, 0.25) is 0 Å². The van der Waals surface area contributed by atoms with Crippen LogP contribution in [-0.2, 0) is 24.2 Å². The minimum Gasteiger partial charge on any atom is -0.373 e. The number of rotatable bonds is 4. The van der Waals surface area contributed by atoms with E-state index in [2.05, 4.69) is 16.9 Å². The van der Waals surface area contributed by atoms with Crippen molar-refractivity contribution in [1.82, 2.24) is 9.97 Å². The average molecular weight is 241 g/mol. The molecule has 0 bridgehead atoms. The molecule has 0 unspecified atom stereocenters. The molecular formula is C12H17ClN2O. The van der Waals surface area contributed by atoms with Crippen molar-refractivity contribution < 1.29 is 4.74 Å². The number of fused-ring (bicyclic) bond motifs is 1. The van der Waals surface area contributed by atoms with Crippen LogP contribution in [0.4, 0.5) is 0 Å². The van der Waals surface area contributed by atoms with Crippen molar-refractivity contribution in [1.29, 1.82) is 0 Å². The molecule has 0 saturated heterocycles. The van der Waals surface area contributed by atoms with E-state index >= 15 is 0 Å². The first kappa shape index (κ1) is 11.8. The molecule has 88 valence electrons. The van der Waals surface area contributed by atoms with E-state index in [-0.39, 0.29) is 0 Å². The minimum atomic E-state index is 0.473. The number of hydrogen-bond acceptors (Lipinski definition) is 3. The van der Waals surface area contributed by atoms with Gasteiger partial charge in [0.25, 0.3) is 0 Å². The fourth-order valence-electron chi connectivity index (χ4n) is 1.97. The molecule has 1 aromatic rings. The lowest BCUT2D eigenvalue weighted by molar-refractivity contribution is 0.116. The smallest absolute Gasteiger partial charge is 0.155 e. The summed E-state index contributed by atoms with van der Waals surface area (Å²) < 4.78 is 5.43. The van der Waals surface area contributed by atoms with Crippen molar-refractivity contribution in [2.45, 2.75) is 45.6 Å². The Kier molecular flexibility index (Phi) is 4.13. The first-order chi connectivity index (χ1) is 7.81. The van der Waals surface area contributed by atoms with Gasteiger partial charge in [0.05, 0.1) is 0 Å². The topological polar surface area (TPSA) is 35.0 Å². The van der Waals surface area contributed by atoms with Crippen LogP contribution < -0.4 is 0 Å². The van der Waals surface area contributed by atoms with Gasteiger partial charge in [0.1, 0.15) is 11.8 Å². The Balaban J connectivity index is 2.12. The maximum Gasteiger partial charge on any atom is 0.155 e. The highest BCUT2D eigenvalue weighted by atomic mass is 35.5. The first-order valence-corrected chi connectivity index (χ1v) is 6.31. The summed E-state index contributed by atoms with van der Waals surface area (Å²) in [4.78, 5) is 8.81. The van der Waals surface area contributed by atoms with E-state index in [9.17, 15) is 0 Å². The van der Waals surface area contributed by atoms with Crippen LogP contribution in [0.15, 0.2) is 0 Å². The van der Waals surface area contributed by atoms with E-state index in [4.69, 9.17) is 16.3 Å². The average Bonchev–Trinajstić information content (AvgIpc) is 2.30. The molecule has 4 heteroatoms. The summed E-state index contributed by atoms with van der Waals surface area (Å²) in [6.07, 6.45) is 5.46. The van der Waals surface area contributed by atoms with Crippen LogP contribution in [0.1, 0.15) is 43.3 Å². The van der Waals surface area contributed by atoms with Crippen molar-refractivity contribution in [3.63, 3.8) is 0 Å². The second-order valence-corrected chi connectivity index (χ2v) is 4.47. The normalized spacial score (nSPS) is 14.9. The third kappa shape index (κ3) is 2.71. The van der Waals surface area contributed by atoms with Gasteiger partial charge in [-0.3, -0.25) is 0 Å². The molecule has 2 rings (SSSR count). The summed E-state index contributed by atoms with van der Waals surface area (Å²) in [7, 11) is 0. The second kappa shape index (κ2) is 5.60. The van der Waals surface area contributed by atoms with E-state index < -0.39 is 0 Å². The van der Waals surface area contributed by atoms with E-state index in [1.165, 1.54) is 12.8 Å². The maximum absolute atomic E-state index is 6.15. The van der Waals surface area contributed by atoms with E-state index in [1.807, 2.05) is 0 Å². The molecule has 0 radical (unpaired) electrons. The largest absolute Gasteiger partial charge is 0.373 e. The summed E-state index contributed by atoms with van der Waals surface area (Å²) in [6, 6.07) is 0. The molecule has 0 fully saturated rings. The Hall–Kier alpha value is -0.670. The van der Waals surface area contributed by atoms with Crippen LogP contribution in [0.25, 0.3) is 0 Å². The summed E-state index contributed by atoms with van der Waals surface area (Å²) >= 11 is 6.15. The van der Waals surface area contributed by atoms with Crippen LogP contribution in [0, 0.1) is 0 Å². The molecule has 0 spiro atoms. The van der Waals surface area contributed by atoms with Gasteiger partial charge < -0.3 is 4.74 Å². The molecule has 1 heterocycles. The van der Waals surface area contributed by atoms with Crippen LogP contribution in [0.2, 0.25) is 5.15 Å². The second-order valence-electron chi connectivity index (χ2n) is 4.12. The lowest BCUT2D eigenvalue weighted by Crippen LogP contribution is -2.11. The minimum absolute atomic E-state index is 0.473. The molecule has 1 aromatic heterocycles. The van der Waals surface area contributed by atoms with Gasteiger partial charge in [0.15, 0.2) is 5.82 Å². The number of hydrogen-bond donors (Lipinski definition) is 0. The number of nitrogens with zero attached hydrogens (tertiary/aromatic N) is 2. The van der Waals surface area contributed by atoms with Gasteiger partial charge in [-0.25, -0.2) is 9.97 Å². The zero-order valence-corrected chi connectivity index (χ0v) is 10.4. The number of halogens is 1. The number of ether oxygens (including phenoxy) is 1. The fourth-order valence-corrected chi connectivity index (χ4v) is 2.27. The highest BCUT2D eigenvalue weighted by Gasteiger charge is 2.16. The molecular weight excluding hydrogens is 224 g/mol. The summed E-state index contributed by atoms with van der Waals surface area (Å²) in [5.41, 5.74) is 2.27. The molecule has 0 amide bonds. The van der Waals surface area contributed by atoms with E-state index in [0.29, 0.717) is 11.8 Å². The summed E-state index contributed by atoms with van der Waals surface area (Å²) in [5, 5.41) is 0.625. The highest BCUT2D eigenvalue weighted by Crippen LogP contribution is 2.25. The molecule has 1 aliphatic rings. The summed E-state index contributed by atoms with van der Waals surface area (Å²) in [5.74, 6) is 0.721. The van der Waals surface area contributed by atoms with Crippen molar-refractivity contribution in [2.24, 2.45) is 0 Å². The van der Waals surface area contributed by atoms with Gasteiger partial charge in [-0.1, -0.05) is 18.5 Å². The highest BCUT2D eigenvalue weighted by molar-refractivity contribution is 6.30. The first-order valence-electron chi connectivity index (χ1n) is 5.93. The van der Waals surface area contributed by atoms with Gasteiger partial charge in [-0.05, 0) is 32.1 Å². The molecule has 0 aromatic carbocycles. The zero-order chi connectivity index (χ0) is 11.4. The molecule has 0 saturated carbocycles. The van der Waals surface area contributed by atoms with Gasteiger partial charge >= 0.3 is 0 Å². The SMILES string of the molecule is CCCOCc1nc(Cl)c2c(n1)CCCC2. The Morgan fingerprint density at radius 2 is 2.06 bits per heavy atom. The van der Waals surface area contributed by atoms with Crippen LogP contribution in [-0.4, -0.2) is 16.6 Å². The van der Waals surface area contributed by atoms with Crippen molar-refractivity contribution in [3.8, 4) is 0 Å². The van der Waals surface area contributed by atoms with Gasteiger partial charge in [0, 0.05) is 17.9 Å². The lowest BCUT2D eigenvalue weighted by Gasteiger charge is -2.16. The maximum atomic E-state index is 6.15. The van der Waals surface area contributed by atoms with Gasteiger partial charge in [-0.2, -0.15) is 0 Å². The molecule has 3 nitrogen and oxygen atoms in total. The third-order valence-corrected chi connectivity index (χ3v) is 3.07. The van der Waals surface area contributed by atoms with E-state index in [0.717, 1.165) is 43.0 Å². The Labute approximate surface area is 101 Å². The Morgan fingerprint density at radius 3 is 2.88 bits per heavy atom. The van der Waals surface area contributed by atoms with Crippen LogP contribution in [0.3, 0.4) is 0 Å². The lowest BCUT2D eigenvalue weighted by atomic mass is 9.97. The molecule has 1 aliphatic carbocycles. The van der Waals surface area contributed by atoms with Crippen LogP contribution in [0.5, 0.6) is 0 Å². The summed E-state index contributed by atoms with van der Waals surface area (Å²) in [6.45, 7) is 3.31. The predicted molar refractivity (Wildman–Crippen MR) is 63.6 cm³/mol. The molecule has 0 N–H and O–H groups in total. The molecule has 0 atom stereocenters. The molecule has 0 aliphatic heterocycles. The molecule has 16 heavy (non-hydrogen) atoms. The van der Waals surface area contributed by atoms with Crippen LogP contribution >= 0.6 is 11.6 Å². The fraction of sp³-hybridized carbons (Fsp3) is 0.667. The van der Waals surface area contributed by atoms with Gasteiger partial charge in [-0.15, -0.1) is 0 Å². The van der Waals surface area contributed by atoms with Crippen molar-refractivity contribution in [2.75, 3.05) is 6.61 Å². The predicted octanol–water partition coefficient (Wildman–Crippen LogP) is 2.94. The third-order valence-electron chi connectivity index (χ3n) is 2.76. The Morgan fingerprint density at radius 1 is 1.25 bits per heavy atom. The zero-order valence-electron chi connectivity index (χ0n) is 9.63. The standard InChI is InChI=1S/C12H17ClN2O/c1-2-7-16-8-11-14-10-6-4-3-5-9(10)12(13)15-11/h2-8H2,1H3. The monoisotopic (exact) mass is 240 g/mol. The van der Waals surface area contributed by atoms with E-state index in [1.54, 1.807) is 0 Å². The Bertz CT molecular complexity index is 368. The van der Waals surface area contributed by atoms with Crippen molar-refractivity contribution >= 4 is 11.6 Å². The number of aromatic nitrogens is 2.